The maximum atomic E-state index is 12.0. The number of carbonyl (C=O) groups is 1. The van der Waals surface area contributed by atoms with Gasteiger partial charge in [0.2, 0.25) is 0 Å². The summed E-state index contributed by atoms with van der Waals surface area (Å²) in [7, 11) is 1.44. The van der Waals surface area contributed by atoms with Crippen LogP contribution in [0, 0.1) is 11.8 Å². The molecule has 20 heavy (non-hydrogen) atoms. The lowest BCUT2D eigenvalue weighted by Crippen LogP contribution is -2.32. The van der Waals surface area contributed by atoms with Crippen LogP contribution in [0.4, 0.5) is 0 Å². The van der Waals surface area contributed by atoms with Crippen LogP contribution in [-0.2, 0) is 9.53 Å². The number of esters is 1. The van der Waals surface area contributed by atoms with Gasteiger partial charge >= 0.3 is 5.97 Å². The molecule has 0 amide bonds. The average Bonchev–Trinajstić information content (AvgIpc) is 2.97. The number of carbonyl (C=O) groups excluding carboxylic acids is 1. The molecule has 2 heterocycles. The quantitative estimate of drug-likeness (QED) is 0.740. The Morgan fingerprint density at radius 1 is 1.60 bits per heavy atom. The van der Waals surface area contributed by atoms with Crippen LogP contribution in [0.5, 0.6) is 5.75 Å². The van der Waals surface area contributed by atoms with Crippen molar-refractivity contribution >= 4 is 5.97 Å². The second-order valence-corrected chi connectivity index (χ2v) is 5.07. The monoisotopic (exact) mass is 278 g/mol. The van der Waals surface area contributed by atoms with E-state index in [1.807, 2.05) is 12.1 Å². The molecular formula is C15H22N2O3. The predicted octanol–water partition coefficient (Wildman–Crippen LogP) is 1.59. The predicted molar refractivity (Wildman–Crippen MR) is 75.5 cm³/mol. The van der Waals surface area contributed by atoms with E-state index in [-0.39, 0.29) is 11.9 Å². The molecule has 0 N–H and O–H groups in total. The molecule has 1 aromatic rings. The zero-order chi connectivity index (χ0) is 14.4. The third-order valence-corrected chi connectivity index (χ3v) is 3.89. The highest BCUT2D eigenvalue weighted by Gasteiger charge is 2.34. The van der Waals surface area contributed by atoms with E-state index in [1.54, 1.807) is 12.4 Å². The molecule has 2 atom stereocenters. The van der Waals surface area contributed by atoms with E-state index >= 15 is 0 Å². The van der Waals surface area contributed by atoms with Gasteiger partial charge in [0.25, 0.3) is 0 Å². The van der Waals surface area contributed by atoms with Crippen molar-refractivity contribution in [3.8, 4) is 5.75 Å². The van der Waals surface area contributed by atoms with Gasteiger partial charge in [-0.3, -0.25) is 9.78 Å². The van der Waals surface area contributed by atoms with E-state index < -0.39 is 0 Å². The van der Waals surface area contributed by atoms with Crippen LogP contribution in [0.3, 0.4) is 0 Å². The number of pyridine rings is 1. The Balaban J connectivity index is 1.96. The van der Waals surface area contributed by atoms with Crippen LogP contribution < -0.4 is 4.74 Å². The molecule has 0 saturated carbocycles. The Kier molecular flexibility index (Phi) is 5.35. The first kappa shape index (κ1) is 14.8. The molecule has 1 aliphatic heterocycles. The van der Waals surface area contributed by atoms with Gasteiger partial charge in [0.05, 0.1) is 19.2 Å². The summed E-state index contributed by atoms with van der Waals surface area (Å²) < 4.78 is 10.6. The maximum absolute atomic E-state index is 12.0. The lowest BCUT2D eigenvalue weighted by molar-refractivity contribution is -0.148. The number of likely N-dealkylation sites (tertiary alicyclic amines) is 1. The largest absolute Gasteiger partial charge is 0.491 e. The van der Waals surface area contributed by atoms with E-state index in [0.717, 1.165) is 26.1 Å². The summed E-state index contributed by atoms with van der Waals surface area (Å²) in [6.07, 6.45) is 4.37. The first-order valence-corrected chi connectivity index (χ1v) is 7.07. The molecule has 1 aliphatic rings. The Bertz CT molecular complexity index is 424. The number of hydrogen-bond acceptors (Lipinski definition) is 5. The summed E-state index contributed by atoms with van der Waals surface area (Å²) in [5.41, 5.74) is 0. The molecule has 0 spiro atoms. The molecule has 1 saturated heterocycles. The van der Waals surface area contributed by atoms with Gasteiger partial charge in [-0.25, -0.2) is 0 Å². The summed E-state index contributed by atoms with van der Waals surface area (Å²) in [5, 5.41) is 0. The van der Waals surface area contributed by atoms with Gasteiger partial charge in [0, 0.05) is 12.7 Å². The highest BCUT2D eigenvalue weighted by atomic mass is 16.5. The van der Waals surface area contributed by atoms with E-state index in [2.05, 4.69) is 16.8 Å². The number of hydrogen-bond donors (Lipinski definition) is 0. The smallest absolute Gasteiger partial charge is 0.312 e. The number of rotatable bonds is 6. The molecule has 2 rings (SSSR count). The maximum Gasteiger partial charge on any atom is 0.312 e. The van der Waals surface area contributed by atoms with Crippen LogP contribution >= 0.6 is 0 Å². The Morgan fingerprint density at radius 3 is 3.05 bits per heavy atom. The zero-order valence-corrected chi connectivity index (χ0v) is 12.1. The van der Waals surface area contributed by atoms with E-state index in [0.29, 0.717) is 18.3 Å². The summed E-state index contributed by atoms with van der Waals surface area (Å²) in [4.78, 5) is 18.3. The van der Waals surface area contributed by atoms with Gasteiger partial charge in [-0.1, -0.05) is 6.92 Å². The van der Waals surface area contributed by atoms with Gasteiger partial charge in [0.1, 0.15) is 12.4 Å². The topological polar surface area (TPSA) is 51.7 Å². The van der Waals surface area contributed by atoms with Crippen molar-refractivity contribution in [1.29, 1.82) is 0 Å². The molecule has 0 aromatic carbocycles. The molecule has 0 bridgehead atoms. The van der Waals surface area contributed by atoms with Crippen molar-refractivity contribution in [2.75, 3.05) is 33.4 Å². The van der Waals surface area contributed by atoms with Crippen molar-refractivity contribution in [3.63, 3.8) is 0 Å². The van der Waals surface area contributed by atoms with E-state index in [9.17, 15) is 4.79 Å². The summed E-state index contributed by atoms with van der Waals surface area (Å²) in [6, 6.07) is 3.66. The first-order chi connectivity index (χ1) is 9.74. The Hall–Kier alpha value is -1.62. The molecule has 2 unspecified atom stereocenters. The van der Waals surface area contributed by atoms with Crippen LogP contribution in [0.1, 0.15) is 13.3 Å². The van der Waals surface area contributed by atoms with Crippen molar-refractivity contribution < 1.29 is 14.3 Å². The molecule has 5 nitrogen and oxygen atoms in total. The molecule has 110 valence electrons. The van der Waals surface area contributed by atoms with Crippen molar-refractivity contribution in [2.24, 2.45) is 11.8 Å². The minimum absolute atomic E-state index is 0.183. The minimum atomic E-state index is -0.211. The van der Waals surface area contributed by atoms with Gasteiger partial charge in [-0.05, 0) is 37.6 Å². The molecule has 1 aromatic heterocycles. The number of methoxy groups -OCH3 is 1. The van der Waals surface area contributed by atoms with Gasteiger partial charge < -0.3 is 14.4 Å². The van der Waals surface area contributed by atoms with E-state index in [4.69, 9.17) is 9.47 Å². The van der Waals surface area contributed by atoms with Crippen molar-refractivity contribution in [2.45, 2.75) is 13.3 Å². The van der Waals surface area contributed by atoms with Crippen LogP contribution in [0.2, 0.25) is 0 Å². The highest BCUT2D eigenvalue weighted by molar-refractivity contribution is 5.73. The van der Waals surface area contributed by atoms with Crippen molar-refractivity contribution in [1.82, 2.24) is 9.88 Å². The fourth-order valence-corrected chi connectivity index (χ4v) is 2.64. The summed E-state index contributed by atoms with van der Waals surface area (Å²) in [6.45, 7) is 5.49. The van der Waals surface area contributed by atoms with Gasteiger partial charge in [-0.15, -0.1) is 0 Å². The Morgan fingerprint density at radius 2 is 2.45 bits per heavy atom. The first-order valence-electron chi connectivity index (χ1n) is 7.07. The van der Waals surface area contributed by atoms with E-state index in [1.165, 1.54) is 7.11 Å². The lowest BCUT2D eigenvalue weighted by atomic mass is 9.92. The van der Waals surface area contributed by atoms with Crippen LogP contribution in [0.25, 0.3) is 0 Å². The third kappa shape index (κ3) is 3.70. The molecule has 0 aliphatic carbocycles. The molecule has 5 heteroatoms. The van der Waals surface area contributed by atoms with Gasteiger partial charge in [0.15, 0.2) is 0 Å². The fourth-order valence-electron chi connectivity index (χ4n) is 2.64. The normalized spacial score (nSPS) is 20.6. The molecular weight excluding hydrogens is 256 g/mol. The Labute approximate surface area is 119 Å². The highest BCUT2D eigenvalue weighted by Crippen LogP contribution is 2.26. The summed E-state index contributed by atoms with van der Waals surface area (Å²) in [5.74, 6) is 0.597. The summed E-state index contributed by atoms with van der Waals surface area (Å²) >= 11 is 0. The minimum Gasteiger partial charge on any atom is -0.491 e. The average molecular weight is 278 g/mol. The van der Waals surface area contributed by atoms with Crippen LogP contribution in [0.15, 0.2) is 24.5 Å². The number of aromatic nitrogens is 1. The number of ether oxygens (including phenoxy) is 2. The second kappa shape index (κ2) is 7.24. The zero-order valence-electron chi connectivity index (χ0n) is 12.1. The van der Waals surface area contributed by atoms with Crippen molar-refractivity contribution in [3.05, 3.63) is 24.5 Å². The molecule has 1 fully saturated rings. The third-order valence-electron chi connectivity index (χ3n) is 3.89. The standard InChI is InChI=1S/C15H22N2O3/c1-3-17-8-6-12(10-17)14(15(18)19-2)11-20-13-5-4-7-16-9-13/h4-5,7,9,12,14H,3,6,8,10-11H2,1-2H3. The fraction of sp³-hybridized carbons (Fsp3) is 0.600. The lowest BCUT2D eigenvalue weighted by Gasteiger charge is -2.21. The van der Waals surface area contributed by atoms with Crippen LogP contribution in [-0.4, -0.2) is 49.2 Å². The SMILES string of the molecule is CCN1CCC(C(COc2cccnc2)C(=O)OC)C1. The van der Waals surface area contributed by atoms with Gasteiger partial charge in [-0.2, -0.15) is 0 Å². The number of nitrogens with zero attached hydrogens (tertiary/aromatic N) is 2. The second-order valence-electron chi connectivity index (χ2n) is 5.07. The molecule has 0 radical (unpaired) electrons.